The number of amidine groups is 1. The number of oxime groups is 1. The van der Waals surface area contributed by atoms with Crippen molar-refractivity contribution in [2.45, 2.75) is 19.9 Å². The van der Waals surface area contributed by atoms with Crippen molar-refractivity contribution in [3.05, 3.63) is 18.0 Å². The van der Waals surface area contributed by atoms with E-state index in [1.54, 1.807) is 24.0 Å². The van der Waals surface area contributed by atoms with E-state index in [9.17, 15) is 4.79 Å². The average molecular weight is 239 g/mol. The van der Waals surface area contributed by atoms with E-state index in [0.717, 1.165) is 0 Å². The molecule has 0 aliphatic heterocycles. The van der Waals surface area contributed by atoms with Crippen LogP contribution in [-0.4, -0.2) is 44.2 Å². The van der Waals surface area contributed by atoms with Crippen molar-refractivity contribution >= 4 is 11.7 Å². The standard InChI is InChI=1S/C10H17N5O2/c1-7(2)15(6-9(11)13-17)10(16)8-4-5-14(3)12-8/h4-5,7,17H,6H2,1-3H3,(H2,11,13). The highest BCUT2D eigenvalue weighted by molar-refractivity contribution is 5.95. The predicted octanol–water partition coefficient (Wildman–Crippen LogP) is 0.0171. The van der Waals surface area contributed by atoms with Gasteiger partial charge in [0.05, 0.1) is 6.54 Å². The fourth-order valence-electron chi connectivity index (χ4n) is 1.37. The Hall–Kier alpha value is -2.05. The number of carbonyl (C=O) groups is 1. The second-order valence-corrected chi connectivity index (χ2v) is 3.99. The zero-order valence-electron chi connectivity index (χ0n) is 10.2. The van der Waals surface area contributed by atoms with Crippen LogP contribution in [0.4, 0.5) is 0 Å². The third-order valence-corrected chi connectivity index (χ3v) is 2.28. The number of hydrogen-bond donors (Lipinski definition) is 2. The van der Waals surface area contributed by atoms with E-state index < -0.39 is 0 Å². The van der Waals surface area contributed by atoms with Gasteiger partial charge >= 0.3 is 0 Å². The van der Waals surface area contributed by atoms with Crippen LogP contribution in [0.5, 0.6) is 0 Å². The van der Waals surface area contributed by atoms with Gasteiger partial charge in [0.2, 0.25) is 0 Å². The molecule has 7 nitrogen and oxygen atoms in total. The Kier molecular flexibility index (Phi) is 4.08. The van der Waals surface area contributed by atoms with Crippen molar-refractivity contribution in [2.75, 3.05) is 6.54 Å². The van der Waals surface area contributed by atoms with E-state index in [4.69, 9.17) is 10.9 Å². The summed E-state index contributed by atoms with van der Waals surface area (Å²) in [7, 11) is 1.74. The number of nitrogens with zero attached hydrogens (tertiary/aromatic N) is 4. The number of aryl methyl sites for hydroxylation is 1. The second kappa shape index (κ2) is 5.33. The van der Waals surface area contributed by atoms with Gasteiger partial charge in [-0.25, -0.2) is 0 Å². The largest absolute Gasteiger partial charge is 0.409 e. The molecule has 0 bridgehead atoms. The quantitative estimate of drug-likeness (QED) is 0.335. The van der Waals surface area contributed by atoms with Gasteiger partial charge in [-0.15, -0.1) is 0 Å². The lowest BCUT2D eigenvalue weighted by Gasteiger charge is -2.25. The Balaban J connectivity index is 2.88. The molecule has 0 aromatic carbocycles. The minimum Gasteiger partial charge on any atom is -0.409 e. The average Bonchev–Trinajstić information content (AvgIpc) is 2.71. The molecular formula is C10H17N5O2. The Bertz CT molecular complexity index is 424. The molecule has 1 heterocycles. The number of carbonyl (C=O) groups excluding carboxylic acids is 1. The normalized spacial score (nSPS) is 11.9. The fraction of sp³-hybridized carbons (Fsp3) is 0.500. The zero-order chi connectivity index (χ0) is 13.0. The summed E-state index contributed by atoms with van der Waals surface area (Å²) >= 11 is 0. The summed E-state index contributed by atoms with van der Waals surface area (Å²) in [5.41, 5.74) is 5.75. The summed E-state index contributed by atoms with van der Waals surface area (Å²) in [6, 6.07) is 1.56. The van der Waals surface area contributed by atoms with Crippen LogP contribution in [0.25, 0.3) is 0 Å². The molecule has 1 amide bonds. The monoisotopic (exact) mass is 239 g/mol. The van der Waals surface area contributed by atoms with Crippen LogP contribution in [0, 0.1) is 0 Å². The molecule has 17 heavy (non-hydrogen) atoms. The lowest BCUT2D eigenvalue weighted by atomic mass is 10.2. The predicted molar refractivity (Wildman–Crippen MR) is 62.8 cm³/mol. The molecule has 0 aliphatic carbocycles. The minimum absolute atomic E-state index is 0.0111. The third kappa shape index (κ3) is 3.20. The maximum Gasteiger partial charge on any atom is 0.274 e. The molecule has 0 unspecified atom stereocenters. The Labute approximate surface area is 99.5 Å². The van der Waals surface area contributed by atoms with Crippen molar-refractivity contribution < 1.29 is 10.0 Å². The number of rotatable bonds is 4. The lowest BCUT2D eigenvalue weighted by molar-refractivity contribution is 0.0727. The van der Waals surface area contributed by atoms with Gasteiger partial charge in [0, 0.05) is 19.3 Å². The SMILES string of the molecule is CC(C)N(C/C(N)=N/O)C(=O)c1ccn(C)n1. The first kappa shape index (κ1) is 13.0. The smallest absolute Gasteiger partial charge is 0.274 e. The minimum atomic E-state index is -0.243. The van der Waals surface area contributed by atoms with E-state index in [-0.39, 0.29) is 24.3 Å². The summed E-state index contributed by atoms with van der Waals surface area (Å²) in [6.07, 6.45) is 1.69. The van der Waals surface area contributed by atoms with Crippen LogP contribution >= 0.6 is 0 Å². The number of aromatic nitrogens is 2. The first-order chi connectivity index (χ1) is 7.95. The molecule has 0 saturated heterocycles. The number of nitrogens with two attached hydrogens (primary N) is 1. The highest BCUT2D eigenvalue weighted by Gasteiger charge is 2.21. The molecular weight excluding hydrogens is 222 g/mol. The topological polar surface area (TPSA) is 96.7 Å². The molecule has 0 radical (unpaired) electrons. The van der Waals surface area contributed by atoms with Crippen molar-refractivity contribution in [3.8, 4) is 0 Å². The molecule has 94 valence electrons. The van der Waals surface area contributed by atoms with E-state index in [2.05, 4.69) is 10.3 Å². The maximum atomic E-state index is 12.1. The summed E-state index contributed by atoms with van der Waals surface area (Å²) in [5.74, 6) is -0.254. The molecule has 0 fully saturated rings. The van der Waals surface area contributed by atoms with Crippen LogP contribution < -0.4 is 5.73 Å². The highest BCUT2D eigenvalue weighted by atomic mass is 16.4. The summed E-state index contributed by atoms with van der Waals surface area (Å²) in [4.78, 5) is 13.6. The van der Waals surface area contributed by atoms with E-state index in [0.29, 0.717) is 5.69 Å². The van der Waals surface area contributed by atoms with Crippen molar-refractivity contribution in [2.24, 2.45) is 17.9 Å². The lowest BCUT2D eigenvalue weighted by Crippen LogP contribution is -2.43. The molecule has 1 rings (SSSR count). The van der Waals surface area contributed by atoms with E-state index in [1.165, 1.54) is 4.90 Å². The van der Waals surface area contributed by atoms with Gasteiger partial charge in [0.15, 0.2) is 5.84 Å². The van der Waals surface area contributed by atoms with E-state index >= 15 is 0 Å². The van der Waals surface area contributed by atoms with Gasteiger partial charge < -0.3 is 15.8 Å². The van der Waals surface area contributed by atoms with Crippen LogP contribution in [0.3, 0.4) is 0 Å². The van der Waals surface area contributed by atoms with Crippen LogP contribution in [0.2, 0.25) is 0 Å². The van der Waals surface area contributed by atoms with Crippen molar-refractivity contribution in [1.29, 1.82) is 0 Å². The Morgan fingerprint density at radius 2 is 2.35 bits per heavy atom. The zero-order valence-corrected chi connectivity index (χ0v) is 10.2. The molecule has 3 N–H and O–H groups in total. The highest BCUT2D eigenvalue weighted by Crippen LogP contribution is 2.06. The fourth-order valence-corrected chi connectivity index (χ4v) is 1.37. The molecule has 0 saturated carbocycles. The molecule has 0 spiro atoms. The number of hydrogen-bond acceptors (Lipinski definition) is 4. The van der Waals surface area contributed by atoms with Crippen LogP contribution in [0.1, 0.15) is 24.3 Å². The molecule has 7 heteroatoms. The second-order valence-electron chi connectivity index (χ2n) is 3.99. The van der Waals surface area contributed by atoms with Crippen LogP contribution in [-0.2, 0) is 7.05 Å². The maximum absolute atomic E-state index is 12.1. The Morgan fingerprint density at radius 3 is 2.76 bits per heavy atom. The van der Waals surface area contributed by atoms with Gasteiger partial charge in [-0.05, 0) is 19.9 Å². The number of amides is 1. The molecule has 0 atom stereocenters. The van der Waals surface area contributed by atoms with E-state index in [1.807, 2.05) is 13.8 Å². The molecule has 0 aliphatic rings. The summed E-state index contributed by atoms with van der Waals surface area (Å²) < 4.78 is 1.55. The van der Waals surface area contributed by atoms with Crippen LogP contribution in [0.15, 0.2) is 17.4 Å². The van der Waals surface area contributed by atoms with Gasteiger partial charge in [0.1, 0.15) is 5.69 Å². The first-order valence-corrected chi connectivity index (χ1v) is 5.22. The molecule has 1 aromatic rings. The molecule has 1 aromatic heterocycles. The first-order valence-electron chi connectivity index (χ1n) is 5.22. The van der Waals surface area contributed by atoms with Gasteiger partial charge in [-0.3, -0.25) is 9.48 Å². The van der Waals surface area contributed by atoms with Gasteiger partial charge in [0.25, 0.3) is 5.91 Å². The van der Waals surface area contributed by atoms with Gasteiger partial charge in [-0.2, -0.15) is 5.10 Å². The van der Waals surface area contributed by atoms with Gasteiger partial charge in [-0.1, -0.05) is 5.16 Å². The summed E-state index contributed by atoms with van der Waals surface area (Å²) in [6.45, 7) is 3.78. The third-order valence-electron chi connectivity index (χ3n) is 2.28. The van der Waals surface area contributed by atoms with Crippen molar-refractivity contribution in [1.82, 2.24) is 14.7 Å². The summed E-state index contributed by atoms with van der Waals surface area (Å²) in [5, 5.41) is 15.4. The Morgan fingerprint density at radius 1 is 1.71 bits per heavy atom. The van der Waals surface area contributed by atoms with Crippen molar-refractivity contribution in [3.63, 3.8) is 0 Å².